The van der Waals surface area contributed by atoms with E-state index in [-0.39, 0.29) is 28.7 Å². The summed E-state index contributed by atoms with van der Waals surface area (Å²) in [5.74, 6) is -8.66. The number of ketones is 4. The summed E-state index contributed by atoms with van der Waals surface area (Å²) in [5.41, 5.74) is -9.96. The van der Waals surface area contributed by atoms with Crippen molar-refractivity contribution in [3.8, 4) is 11.5 Å². The molecule has 1 fully saturated rings. The largest absolute Gasteiger partial charge is 0.507 e. The number of carbonyl (C=O) groups excluding carboxylic acids is 7. The molecule has 0 aromatic heterocycles. The van der Waals surface area contributed by atoms with E-state index in [0.717, 1.165) is 26.4 Å². The minimum atomic E-state index is -3.24. The number of aromatic hydroxyl groups is 2. The lowest BCUT2D eigenvalue weighted by Gasteiger charge is -2.52. The van der Waals surface area contributed by atoms with Crippen molar-refractivity contribution in [3.05, 3.63) is 68.4 Å². The van der Waals surface area contributed by atoms with E-state index < -0.39 is 129 Å². The van der Waals surface area contributed by atoms with Gasteiger partial charge in [-0.25, -0.2) is 4.79 Å². The Balaban J connectivity index is 0.00000187. The van der Waals surface area contributed by atoms with Gasteiger partial charge in [-0.3, -0.25) is 19.2 Å². The molecular formula is C36H36N2O17. The highest BCUT2D eigenvalue weighted by Gasteiger charge is 2.72. The molecule has 292 valence electrons. The second kappa shape index (κ2) is 14.9. The number of ether oxygens (including phenoxy) is 4. The lowest BCUT2D eigenvalue weighted by atomic mass is 9.56. The molecule has 55 heavy (non-hydrogen) atoms. The Hall–Kier alpha value is -5.66. The molecule has 0 bridgehead atoms. The van der Waals surface area contributed by atoms with Gasteiger partial charge in [-0.15, -0.1) is 0 Å². The number of phenols is 2. The number of oxime groups is 1. The van der Waals surface area contributed by atoms with E-state index >= 15 is 0 Å². The molecule has 0 unspecified atom stereocenters. The molecule has 6 rings (SSSR count). The molecule has 0 amide bonds. The number of hydrogen-bond acceptors (Lipinski definition) is 19. The van der Waals surface area contributed by atoms with Crippen LogP contribution in [-0.2, 0) is 45.4 Å². The zero-order chi connectivity index (χ0) is 40.9. The van der Waals surface area contributed by atoms with Crippen molar-refractivity contribution in [2.24, 2.45) is 11.1 Å². The summed E-state index contributed by atoms with van der Waals surface area (Å²) in [5, 5.41) is 63.9. The molecular weight excluding hydrogens is 732 g/mol. The number of nitrogens with one attached hydrogen (secondary N) is 1. The van der Waals surface area contributed by atoms with E-state index in [0.29, 0.717) is 0 Å². The van der Waals surface area contributed by atoms with Crippen LogP contribution in [0, 0.1) is 12.8 Å². The van der Waals surface area contributed by atoms with Crippen LogP contribution >= 0.6 is 0 Å². The highest BCUT2D eigenvalue weighted by atomic mass is 16.6. The Labute approximate surface area is 311 Å². The summed E-state index contributed by atoms with van der Waals surface area (Å²) < 4.78 is 21.7. The van der Waals surface area contributed by atoms with Crippen LogP contribution in [0.15, 0.2) is 29.1 Å². The SMILES string of the molecule is CO/N=C1\[C@@H](CO)[C@@H](NC2=CC(=O)c3c(cc4c(c3O)C(=O)[C@]3(OC)[C@H](O)Cc5cc(C)c(C(=O)OC)c(O)c5[C@]3(O)C4=O)C2=O)O[C@@H](C)[C@@H]1OC.O=C=O. The lowest BCUT2D eigenvalue weighted by Crippen LogP contribution is -2.73. The number of benzene rings is 2. The van der Waals surface area contributed by atoms with Gasteiger partial charge in [0.15, 0.2) is 17.0 Å². The van der Waals surface area contributed by atoms with E-state index in [1.54, 1.807) is 6.92 Å². The third-order valence-electron chi connectivity index (χ3n) is 10.3. The fourth-order valence-corrected chi connectivity index (χ4v) is 7.97. The van der Waals surface area contributed by atoms with Crippen molar-refractivity contribution < 1.29 is 82.9 Å². The zero-order valence-electron chi connectivity index (χ0n) is 30.1. The van der Waals surface area contributed by atoms with Gasteiger partial charge in [0.05, 0.1) is 54.4 Å². The number of esters is 1. The molecule has 7 atom stereocenters. The highest BCUT2D eigenvalue weighted by molar-refractivity contribution is 6.31. The summed E-state index contributed by atoms with van der Waals surface area (Å²) in [4.78, 5) is 90.6. The van der Waals surface area contributed by atoms with Crippen LogP contribution in [0.25, 0.3) is 0 Å². The Morgan fingerprint density at radius 1 is 1.04 bits per heavy atom. The normalized spacial score (nSPS) is 28.7. The predicted octanol–water partition coefficient (Wildman–Crippen LogP) is -0.598. The standard InChI is InChI=1S/C35H36N2O15.CO2/c1-12-7-14-8-20(40)35(50-5)31(45)23-16(30(44)34(35,47)24(14)28(43)21(12)33(46)49-4)9-15-22(27(23)42)19(39)10-18(26(15)41)36-32-17(11-38)25(37-51-6)29(48-3)13(2)52-32;2-1-3/h7,9-10,13,17,20,29,32,36,38,40,42-43,47H,8,11H2,1-6H3;/b37-25+;/t13-,17+,20+,29-,32-,34-,35+;/m0./s1. The zero-order valence-corrected chi connectivity index (χ0v) is 30.1. The summed E-state index contributed by atoms with van der Waals surface area (Å²) in [6.45, 7) is 2.53. The molecule has 3 aliphatic carbocycles. The summed E-state index contributed by atoms with van der Waals surface area (Å²) in [6.07, 6.45) is -3.93. The number of aryl methyl sites for hydroxylation is 1. The topological polar surface area (TPSA) is 291 Å². The van der Waals surface area contributed by atoms with Gasteiger partial charge in [0.1, 0.15) is 36.5 Å². The van der Waals surface area contributed by atoms with E-state index in [1.807, 2.05) is 0 Å². The molecule has 1 heterocycles. The number of carbonyl (C=O) groups is 5. The maximum absolute atomic E-state index is 14.6. The van der Waals surface area contributed by atoms with Crippen LogP contribution < -0.4 is 5.32 Å². The van der Waals surface area contributed by atoms with Gasteiger partial charge in [0, 0.05) is 43.4 Å². The monoisotopic (exact) mass is 768 g/mol. The number of hydrogen-bond donors (Lipinski definition) is 6. The smallest absolute Gasteiger partial charge is 0.373 e. The van der Waals surface area contributed by atoms with E-state index in [1.165, 1.54) is 27.2 Å². The fourth-order valence-electron chi connectivity index (χ4n) is 7.97. The summed E-state index contributed by atoms with van der Waals surface area (Å²) >= 11 is 0. The molecule has 0 radical (unpaired) electrons. The van der Waals surface area contributed by atoms with Gasteiger partial charge in [-0.2, -0.15) is 9.59 Å². The third-order valence-corrected chi connectivity index (χ3v) is 10.3. The Kier molecular flexibility index (Phi) is 11.0. The Bertz CT molecular complexity index is 2120. The summed E-state index contributed by atoms with van der Waals surface area (Å²) in [6, 6.07) is 2.17. The number of nitrogens with zero attached hydrogens (tertiary/aromatic N) is 1. The van der Waals surface area contributed by atoms with Gasteiger partial charge in [0.2, 0.25) is 17.3 Å². The van der Waals surface area contributed by atoms with Crippen LogP contribution in [0.4, 0.5) is 0 Å². The number of aliphatic hydroxyl groups is 3. The van der Waals surface area contributed by atoms with Gasteiger partial charge in [-0.1, -0.05) is 11.2 Å². The average Bonchev–Trinajstić information content (AvgIpc) is 3.12. The van der Waals surface area contributed by atoms with Crippen molar-refractivity contribution in [2.75, 3.05) is 35.0 Å². The number of methoxy groups -OCH3 is 3. The molecule has 0 saturated carbocycles. The molecule has 1 aliphatic heterocycles. The minimum Gasteiger partial charge on any atom is -0.507 e. The molecule has 0 spiro atoms. The van der Waals surface area contributed by atoms with Gasteiger partial charge in [-0.05, 0) is 31.0 Å². The number of Topliss-reactive ketones (excluding diaryl/α,β-unsaturated/α-hetero) is 3. The van der Waals surface area contributed by atoms with Crippen LogP contribution in [0.2, 0.25) is 0 Å². The second-order valence-corrected chi connectivity index (χ2v) is 12.9. The quantitative estimate of drug-likeness (QED) is 0.151. The average molecular weight is 769 g/mol. The first-order valence-electron chi connectivity index (χ1n) is 16.4. The number of fused-ring (bicyclic) bond motifs is 5. The number of phenolic OH excluding ortho intramolecular Hbond substituents is 2. The van der Waals surface area contributed by atoms with E-state index in [9.17, 15) is 49.5 Å². The van der Waals surface area contributed by atoms with Gasteiger partial charge >= 0.3 is 12.1 Å². The van der Waals surface area contributed by atoms with Crippen LogP contribution in [0.3, 0.4) is 0 Å². The first-order valence-corrected chi connectivity index (χ1v) is 16.4. The van der Waals surface area contributed by atoms with Crippen molar-refractivity contribution in [1.29, 1.82) is 0 Å². The first kappa shape index (κ1) is 40.5. The Morgan fingerprint density at radius 3 is 2.25 bits per heavy atom. The molecule has 1 saturated heterocycles. The third kappa shape index (κ3) is 5.67. The highest BCUT2D eigenvalue weighted by Crippen LogP contribution is 2.56. The van der Waals surface area contributed by atoms with Crippen molar-refractivity contribution in [2.45, 2.75) is 56.0 Å². The molecule has 19 heteroatoms. The maximum atomic E-state index is 14.6. The number of allylic oxidation sites excluding steroid dienone is 2. The van der Waals surface area contributed by atoms with Crippen molar-refractivity contribution in [3.63, 3.8) is 0 Å². The van der Waals surface area contributed by atoms with Crippen molar-refractivity contribution in [1.82, 2.24) is 5.32 Å². The lowest BCUT2D eigenvalue weighted by molar-refractivity contribution is -0.191. The molecule has 2 aromatic rings. The van der Waals surface area contributed by atoms with Crippen LogP contribution in [0.1, 0.15) is 75.4 Å². The maximum Gasteiger partial charge on any atom is 0.373 e. The van der Waals surface area contributed by atoms with E-state index in [2.05, 4.69) is 10.5 Å². The van der Waals surface area contributed by atoms with Crippen molar-refractivity contribution >= 4 is 41.0 Å². The first-order chi connectivity index (χ1) is 26.0. The number of rotatable bonds is 7. The van der Waals surface area contributed by atoms with Gasteiger partial charge < -0.3 is 54.6 Å². The molecule has 2 aromatic carbocycles. The number of aliphatic hydroxyl groups excluding tert-OH is 2. The fraction of sp³-hybridized carbons (Fsp3) is 0.417. The van der Waals surface area contributed by atoms with Crippen LogP contribution in [-0.4, -0.2) is 132 Å². The van der Waals surface area contributed by atoms with Crippen LogP contribution in [0.5, 0.6) is 11.5 Å². The molecule has 4 aliphatic rings. The van der Waals surface area contributed by atoms with E-state index in [4.69, 9.17) is 33.4 Å². The predicted molar refractivity (Wildman–Crippen MR) is 179 cm³/mol. The molecule has 6 N–H and O–H groups in total. The van der Waals surface area contributed by atoms with Gasteiger partial charge in [0.25, 0.3) is 0 Å². The summed E-state index contributed by atoms with van der Waals surface area (Å²) in [7, 11) is 4.65. The molecule has 19 nitrogen and oxygen atoms in total. The minimum absolute atomic E-state index is 0.00924. The Morgan fingerprint density at radius 2 is 1.69 bits per heavy atom. The second-order valence-electron chi connectivity index (χ2n) is 12.9.